The molecular formula is C27H27N3O4S2. The maximum absolute atomic E-state index is 12.6. The second-order valence-electron chi connectivity index (χ2n) is 8.63. The van der Waals surface area contributed by atoms with Gasteiger partial charge in [0.1, 0.15) is 0 Å². The molecule has 2 unspecified atom stereocenters. The number of rotatable bonds is 8. The number of nitrogens with one attached hydrogen (secondary N) is 2. The Bertz CT molecular complexity index is 1280. The van der Waals surface area contributed by atoms with Crippen LogP contribution in [0, 0.1) is 25.7 Å². The summed E-state index contributed by atoms with van der Waals surface area (Å²) in [6, 6.07) is 15.3. The molecule has 0 bridgehead atoms. The third-order valence-corrected chi connectivity index (χ3v) is 7.84. The molecule has 1 aliphatic rings. The molecule has 9 heteroatoms. The van der Waals surface area contributed by atoms with Crippen LogP contribution in [0.15, 0.2) is 65.6 Å². The molecule has 4 rings (SSSR count). The molecule has 2 atom stereocenters. The average molecular weight is 522 g/mol. The number of carboxylic acid groups (broad SMARTS) is 1. The number of benzene rings is 2. The van der Waals surface area contributed by atoms with Crippen LogP contribution in [0.2, 0.25) is 0 Å². The number of nitrogens with zero attached hydrogens (tertiary/aromatic N) is 1. The van der Waals surface area contributed by atoms with Crippen LogP contribution in [-0.2, 0) is 14.4 Å². The fourth-order valence-electron chi connectivity index (χ4n) is 3.98. The Kier molecular flexibility index (Phi) is 8.22. The third-order valence-electron chi connectivity index (χ3n) is 5.95. The molecule has 1 aliphatic carbocycles. The van der Waals surface area contributed by atoms with Crippen LogP contribution in [0.4, 0.5) is 10.8 Å². The minimum absolute atomic E-state index is 0.147. The van der Waals surface area contributed by atoms with Gasteiger partial charge in [0.2, 0.25) is 11.8 Å². The lowest BCUT2D eigenvalue weighted by Gasteiger charge is -2.24. The fourth-order valence-corrected chi connectivity index (χ4v) is 5.53. The summed E-state index contributed by atoms with van der Waals surface area (Å²) < 4.78 is 0. The van der Waals surface area contributed by atoms with Gasteiger partial charge in [0.15, 0.2) is 5.13 Å². The first-order valence-electron chi connectivity index (χ1n) is 11.6. The molecule has 3 N–H and O–H groups in total. The molecule has 0 radical (unpaired) electrons. The van der Waals surface area contributed by atoms with E-state index >= 15 is 0 Å². The number of thioether (sulfide) groups is 1. The Morgan fingerprint density at radius 2 is 1.64 bits per heavy atom. The molecule has 0 spiro atoms. The number of aliphatic carboxylic acids is 1. The SMILES string of the molecule is Cc1ccc(-c2nc(NC(=O)CSc3ccc(NC(=O)C4CC=CCC4C(=O)O)cc3)sc2C)cc1. The summed E-state index contributed by atoms with van der Waals surface area (Å²) in [4.78, 5) is 43.1. The van der Waals surface area contributed by atoms with Crippen molar-refractivity contribution in [3.63, 3.8) is 0 Å². The Hall–Kier alpha value is -3.43. The van der Waals surface area contributed by atoms with Gasteiger partial charge in [-0.1, -0.05) is 42.0 Å². The second kappa shape index (κ2) is 11.5. The fraction of sp³-hybridized carbons (Fsp3) is 0.259. The molecule has 0 aliphatic heterocycles. The number of carboxylic acids is 1. The van der Waals surface area contributed by atoms with Crippen LogP contribution >= 0.6 is 23.1 Å². The van der Waals surface area contributed by atoms with Gasteiger partial charge in [-0.15, -0.1) is 23.1 Å². The number of anilines is 2. The summed E-state index contributed by atoms with van der Waals surface area (Å²) >= 11 is 2.83. The molecule has 7 nitrogen and oxygen atoms in total. The molecule has 0 fully saturated rings. The van der Waals surface area contributed by atoms with Crippen molar-refractivity contribution in [2.75, 3.05) is 16.4 Å². The van der Waals surface area contributed by atoms with E-state index in [1.165, 1.54) is 28.7 Å². The predicted molar refractivity (Wildman–Crippen MR) is 144 cm³/mol. The molecule has 0 saturated heterocycles. The van der Waals surface area contributed by atoms with Crippen LogP contribution in [0.5, 0.6) is 0 Å². The van der Waals surface area contributed by atoms with E-state index in [4.69, 9.17) is 0 Å². The summed E-state index contributed by atoms with van der Waals surface area (Å²) in [6.07, 6.45) is 4.43. The minimum Gasteiger partial charge on any atom is -0.481 e. The smallest absolute Gasteiger partial charge is 0.307 e. The zero-order valence-corrected chi connectivity index (χ0v) is 21.6. The summed E-state index contributed by atoms with van der Waals surface area (Å²) in [6.45, 7) is 4.03. The second-order valence-corrected chi connectivity index (χ2v) is 10.9. The highest BCUT2D eigenvalue weighted by molar-refractivity contribution is 8.00. The monoisotopic (exact) mass is 521 g/mol. The minimum atomic E-state index is -0.955. The summed E-state index contributed by atoms with van der Waals surface area (Å²) in [5.41, 5.74) is 3.67. The van der Waals surface area contributed by atoms with Crippen LogP contribution < -0.4 is 10.6 Å². The maximum Gasteiger partial charge on any atom is 0.307 e. The zero-order chi connectivity index (χ0) is 25.7. The van der Waals surface area contributed by atoms with Gasteiger partial charge in [-0.05, 0) is 51.0 Å². The van der Waals surface area contributed by atoms with E-state index in [1.807, 2.05) is 62.4 Å². The predicted octanol–water partition coefficient (Wildman–Crippen LogP) is 5.76. The molecule has 186 valence electrons. The number of hydrogen-bond acceptors (Lipinski definition) is 6. The zero-order valence-electron chi connectivity index (χ0n) is 20.0. The van der Waals surface area contributed by atoms with Crippen molar-refractivity contribution in [3.05, 3.63) is 71.1 Å². The molecular weight excluding hydrogens is 494 g/mol. The Labute approximate surface area is 218 Å². The first-order chi connectivity index (χ1) is 17.3. The van der Waals surface area contributed by atoms with Gasteiger partial charge in [-0.2, -0.15) is 0 Å². The first-order valence-corrected chi connectivity index (χ1v) is 13.4. The topological polar surface area (TPSA) is 108 Å². The number of allylic oxidation sites excluding steroid dienone is 2. The lowest BCUT2D eigenvalue weighted by molar-refractivity contribution is -0.146. The number of hydrogen-bond donors (Lipinski definition) is 3. The summed E-state index contributed by atoms with van der Waals surface area (Å²) in [5, 5.41) is 15.6. The van der Waals surface area contributed by atoms with E-state index in [-0.39, 0.29) is 17.6 Å². The third kappa shape index (κ3) is 6.41. The van der Waals surface area contributed by atoms with Crippen molar-refractivity contribution in [2.24, 2.45) is 11.8 Å². The molecule has 0 saturated carbocycles. The molecule has 2 aromatic carbocycles. The van der Waals surface area contributed by atoms with Crippen LogP contribution in [0.3, 0.4) is 0 Å². The van der Waals surface area contributed by atoms with Crippen LogP contribution in [-0.4, -0.2) is 33.6 Å². The van der Waals surface area contributed by atoms with Crippen LogP contribution in [0.25, 0.3) is 11.3 Å². The summed E-state index contributed by atoms with van der Waals surface area (Å²) in [7, 11) is 0. The maximum atomic E-state index is 12.6. The van der Waals surface area contributed by atoms with E-state index in [2.05, 4.69) is 15.6 Å². The van der Waals surface area contributed by atoms with Gasteiger partial charge in [-0.25, -0.2) is 4.98 Å². The van der Waals surface area contributed by atoms with Crippen molar-refractivity contribution in [1.82, 2.24) is 4.98 Å². The van der Waals surface area contributed by atoms with Crippen molar-refractivity contribution < 1.29 is 19.5 Å². The Morgan fingerprint density at radius 1 is 0.972 bits per heavy atom. The van der Waals surface area contributed by atoms with Crippen molar-refractivity contribution in [1.29, 1.82) is 0 Å². The number of carbonyl (C=O) groups is 3. The highest BCUT2D eigenvalue weighted by atomic mass is 32.2. The van der Waals surface area contributed by atoms with E-state index in [0.29, 0.717) is 23.7 Å². The normalized spacial score (nSPS) is 16.9. The molecule has 3 aromatic rings. The lowest BCUT2D eigenvalue weighted by atomic mass is 9.82. The Morgan fingerprint density at radius 3 is 2.31 bits per heavy atom. The van der Waals surface area contributed by atoms with E-state index in [9.17, 15) is 19.5 Å². The van der Waals surface area contributed by atoms with Crippen LogP contribution in [0.1, 0.15) is 23.3 Å². The van der Waals surface area contributed by atoms with E-state index < -0.39 is 17.8 Å². The lowest BCUT2D eigenvalue weighted by Crippen LogP contribution is -2.34. The Balaban J connectivity index is 1.29. The number of thiazole rings is 1. The first kappa shape index (κ1) is 25.7. The number of aromatic nitrogens is 1. The molecule has 1 aromatic heterocycles. The van der Waals surface area contributed by atoms with Gasteiger partial charge in [0, 0.05) is 21.0 Å². The number of carbonyl (C=O) groups excluding carboxylic acids is 2. The number of aryl methyl sites for hydroxylation is 2. The molecule has 2 amide bonds. The highest BCUT2D eigenvalue weighted by Crippen LogP contribution is 2.31. The van der Waals surface area contributed by atoms with Gasteiger partial charge < -0.3 is 15.7 Å². The average Bonchev–Trinajstić information content (AvgIpc) is 3.23. The highest BCUT2D eigenvalue weighted by Gasteiger charge is 2.33. The largest absolute Gasteiger partial charge is 0.481 e. The number of amides is 2. The quantitative estimate of drug-likeness (QED) is 0.257. The van der Waals surface area contributed by atoms with Gasteiger partial charge in [-0.3, -0.25) is 14.4 Å². The molecule has 1 heterocycles. The van der Waals surface area contributed by atoms with Crippen molar-refractivity contribution in [3.8, 4) is 11.3 Å². The van der Waals surface area contributed by atoms with Crippen molar-refractivity contribution >= 4 is 51.7 Å². The summed E-state index contributed by atoms with van der Waals surface area (Å²) in [5.74, 6) is -2.48. The molecule has 36 heavy (non-hydrogen) atoms. The van der Waals surface area contributed by atoms with Gasteiger partial charge in [0.25, 0.3) is 0 Å². The van der Waals surface area contributed by atoms with Gasteiger partial charge in [0.05, 0.1) is 23.3 Å². The van der Waals surface area contributed by atoms with Crippen molar-refractivity contribution in [2.45, 2.75) is 31.6 Å². The van der Waals surface area contributed by atoms with Gasteiger partial charge >= 0.3 is 5.97 Å². The van der Waals surface area contributed by atoms with E-state index in [1.54, 1.807) is 12.1 Å². The van der Waals surface area contributed by atoms with E-state index in [0.717, 1.165) is 21.0 Å². The standard InChI is InChI=1S/C27H27N3O4S2/c1-16-7-9-18(10-8-16)24-17(2)36-27(30-24)29-23(31)15-35-20-13-11-19(12-14-20)28-25(32)21-5-3-4-6-22(21)26(33)34/h3-4,7-14,21-22H,5-6,15H2,1-2H3,(H,28,32)(H,33,34)(H,29,30,31).